The van der Waals surface area contributed by atoms with E-state index < -0.39 is 0 Å². The number of hydrazine groups is 1. The van der Waals surface area contributed by atoms with E-state index in [0.717, 1.165) is 18.2 Å². The van der Waals surface area contributed by atoms with Crippen molar-refractivity contribution in [2.75, 3.05) is 13.6 Å². The Morgan fingerprint density at radius 3 is 2.84 bits per heavy atom. The molecule has 0 radical (unpaired) electrons. The second-order valence-corrected chi connectivity index (χ2v) is 5.64. The van der Waals surface area contributed by atoms with E-state index in [1.165, 1.54) is 17.7 Å². The maximum absolute atomic E-state index is 12.7. The van der Waals surface area contributed by atoms with Gasteiger partial charge >= 0.3 is 0 Å². The standard InChI is InChI=1S/C18H24N6O/c1-13-15-7-4-3-6-14(15)8-11-24(13)18(25)16(20)12-17(23-21-2)22-10-5-9-19/h3-7,9-10,12-13,19-23H,8,11H2,1-2H3/b10-5-,17-12-,19-9?,20-16?/t13-/m1/s1. The van der Waals surface area contributed by atoms with Gasteiger partial charge in [0.05, 0.1) is 6.04 Å². The molecular weight excluding hydrogens is 316 g/mol. The molecule has 1 aromatic rings. The van der Waals surface area contributed by atoms with Crippen molar-refractivity contribution in [1.29, 1.82) is 10.8 Å². The summed E-state index contributed by atoms with van der Waals surface area (Å²) in [7, 11) is 1.69. The van der Waals surface area contributed by atoms with Gasteiger partial charge in [-0.2, -0.15) is 0 Å². The molecule has 0 bridgehead atoms. The molecule has 25 heavy (non-hydrogen) atoms. The average Bonchev–Trinajstić information content (AvgIpc) is 2.62. The first-order chi connectivity index (χ1) is 12.1. The van der Waals surface area contributed by atoms with Gasteiger partial charge in [-0.05, 0) is 30.5 Å². The Morgan fingerprint density at radius 1 is 1.36 bits per heavy atom. The minimum atomic E-state index is -0.310. The van der Waals surface area contributed by atoms with E-state index in [1.54, 1.807) is 18.1 Å². The third-order valence-corrected chi connectivity index (χ3v) is 4.07. The van der Waals surface area contributed by atoms with Gasteiger partial charge in [0.2, 0.25) is 0 Å². The third kappa shape index (κ3) is 4.54. The third-order valence-electron chi connectivity index (χ3n) is 4.07. The zero-order valence-corrected chi connectivity index (χ0v) is 14.5. The fourth-order valence-corrected chi connectivity index (χ4v) is 2.84. The van der Waals surface area contributed by atoms with E-state index in [-0.39, 0.29) is 17.7 Å². The van der Waals surface area contributed by atoms with Crippen LogP contribution in [0.4, 0.5) is 0 Å². The summed E-state index contributed by atoms with van der Waals surface area (Å²) in [5, 5.41) is 18.0. The zero-order chi connectivity index (χ0) is 18.2. The maximum Gasteiger partial charge on any atom is 0.272 e. The van der Waals surface area contributed by atoms with Crippen molar-refractivity contribution in [2.24, 2.45) is 0 Å². The Balaban J connectivity index is 2.13. The molecule has 0 saturated heterocycles. The van der Waals surface area contributed by atoms with Gasteiger partial charge in [0.15, 0.2) is 0 Å². The van der Waals surface area contributed by atoms with Crippen LogP contribution in [-0.2, 0) is 11.2 Å². The van der Waals surface area contributed by atoms with E-state index >= 15 is 0 Å². The molecule has 5 N–H and O–H groups in total. The topological polar surface area (TPSA) is 104 Å². The van der Waals surface area contributed by atoms with Crippen LogP contribution in [0.5, 0.6) is 0 Å². The highest BCUT2D eigenvalue weighted by molar-refractivity contribution is 6.42. The Kier molecular flexibility index (Phi) is 6.47. The van der Waals surface area contributed by atoms with Crippen LogP contribution >= 0.6 is 0 Å². The molecule has 1 aliphatic rings. The number of allylic oxidation sites excluding steroid dienone is 1. The second-order valence-electron chi connectivity index (χ2n) is 5.64. The van der Waals surface area contributed by atoms with Crippen molar-refractivity contribution in [3.8, 4) is 0 Å². The van der Waals surface area contributed by atoms with Crippen LogP contribution in [-0.4, -0.2) is 36.3 Å². The number of nitrogens with zero attached hydrogens (tertiary/aromatic N) is 1. The molecule has 1 aliphatic heterocycles. The van der Waals surface area contributed by atoms with E-state index in [4.69, 9.17) is 10.8 Å². The van der Waals surface area contributed by atoms with Crippen LogP contribution in [0.2, 0.25) is 0 Å². The van der Waals surface area contributed by atoms with Gasteiger partial charge in [-0.1, -0.05) is 24.3 Å². The lowest BCUT2D eigenvalue weighted by Crippen LogP contribution is -2.42. The molecule has 0 unspecified atom stereocenters. The van der Waals surface area contributed by atoms with Crippen molar-refractivity contribution in [3.05, 3.63) is 59.6 Å². The number of amides is 1. The summed E-state index contributed by atoms with van der Waals surface area (Å²) < 4.78 is 0. The van der Waals surface area contributed by atoms with Gasteiger partial charge in [-0.25, -0.2) is 5.43 Å². The molecule has 132 valence electrons. The summed E-state index contributed by atoms with van der Waals surface area (Å²) >= 11 is 0. The summed E-state index contributed by atoms with van der Waals surface area (Å²) in [6.07, 6.45) is 6.40. The minimum absolute atomic E-state index is 0.0577. The highest BCUT2D eigenvalue weighted by atomic mass is 16.2. The first-order valence-corrected chi connectivity index (χ1v) is 8.12. The fourth-order valence-electron chi connectivity index (χ4n) is 2.84. The first-order valence-electron chi connectivity index (χ1n) is 8.12. The number of carbonyl (C=O) groups is 1. The quantitative estimate of drug-likeness (QED) is 0.383. The van der Waals surface area contributed by atoms with E-state index in [0.29, 0.717) is 12.4 Å². The van der Waals surface area contributed by atoms with Gasteiger partial charge in [-0.15, -0.1) is 0 Å². The molecule has 7 nitrogen and oxygen atoms in total. The molecule has 1 aromatic carbocycles. The van der Waals surface area contributed by atoms with Crippen LogP contribution < -0.4 is 16.2 Å². The van der Waals surface area contributed by atoms with Crippen molar-refractivity contribution in [3.63, 3.8) is 0 Å². The molecular formula is C18H24N6O. The molecule has 2 rings (SSSR count). The Labute approximate surface area is 147 Å². The summed E-state index contributed by atoms with van der Waals surface area (Å²) in [6, 6.07) is 8.06. The van der Waals surface area contributed by atoms with Crippen LogP contribution in [0.25, 0.3) is 0 Å². The van der Waals surface area contributed by atoms with Gasteiger partial charge in [0.1, 0.15) is 11.5 Å². The summed E-state index contributed by atoms with van der Waals surface area (Å²) in [5.74, 6) is 0.138. The normalized spacial score (nSPS) is 17.1. The van der Waals surface area contributed by atoms with Gasteiger partial charge in [0.25, 0.3) is 5.91 Å². The molecule has 0 spiro atoms. The molecule has 0 aromatic heterocycles. The van der Waals surface area contributed by atoms with Crippen LogP contribution in [0, 0.1) is 10.8 Å². The van der Waals surface area contributed by atoms with Gasteiger partial charge < -0.3 is 21.1 Å². The number of hydrogen-bond donors (Lipinski definition) is 5. The fraction of sp³-hybridized carbons (Fsp3) is 0.278. The van der Waals surface area contributed by atoms with Crippen molar-refractivity contribution >= 4 is 17.8 Å². The molecule has 0 fully saturated rings. The number of hydrogen-bond acceptors (Lipinski definition) is 6. The zero-order valence-electron chi connectivity index (χ0n) is 14.5. The van der Waals surface area contributed by atoms with Crippen LogP contribution in [0.3, 0.4) is 0 Å². The monoisotopic (exact) mass is 340 g/mol. The Hall–Kier alpha value is -2.93. The maximum atomic E-state index is 12.7. The average molecular weight is 340 g/mol. The SMILES string of the molecule is CNN/C(=C\C(=N)C(=O)N1CCc2ccccc2[C@H]1C)N/C=C\C=N. The van der Waals surface area contributed by atoms with Crippen molar-refractivity contribution < 1.29 is 4.79 Å². The second kappa shape index (κ2) is 8.79. The lowest BCUT2D eigenvalue weighted by molar-refractivity contribution is -0.126. The van der Waals surface area contributed by atoms with E-state index in [1.807, 2.05) is 25.1 Å². The van der Waals surface area contributed by atoms with E-state index in [9.17, 15) is 4.79 Å². The molecule has 1 heterocycles. The van der Waals surface area contributed by atoms with Crippen molar-refractivity contribution in [1.82, 2.24) is 21.1 Å². The smallest absolute Gasteiger partial charge is 0.272 e. The summed E-state index contributed by atoms with van der Waals surface area (Å²) in [5.41, 5.74) is 7.85. The number of nitrogens with one attached hydrogen (secondary N) is 5. The van der Waals surface area contributed by atoms with Crippen LogP contribution in [0.1, 0.15) is 24.1 Å². The summed E-state index contributed by atoms with van der Waals surface area (Å²) in [6.45, 7) is 2.59. The number of fused-ring (bicyclic) bond motifs is 1. The predicted molar refractivity (Wildman–Crippen MR) is 99.3 cm³/mol. The lowest BCUT2D eigenvalue weighted by atomic mass is 9.93. The van der Waals surface area contributed by atoms with Gasteiger partial charge in [0, 0.05) is 32.1 Å². The lowest BCUT2D eigenvalue weighted by Gasteiger charge is -2.35. The molecule has 0 aliphatic carbocycles. The minimum Gasteiger partial charge on any atom is -0.347 e. The largest absolute Gasteiger partial charge is 0.347 e. The first kappa shape index (κ1) is 18.4. The Morgan fingerprint density at radius 2 is 2.12 bits per heavy atom. The summed E-state index contributed by atoms with van der Waals surface area (Å²) in [4.78, 5) is 14.4. The van der Waals surface area contributed by atoms with Crippen LogP contribution in [0.15, 0.2) is 48.4 Å². The molecule has 0 saturated carbocycles. The Bertz CT molecular complexity index is 709. The highest BCUT2D eigenvalue weighted by Crippen LogP contribution is 2.29. The molecule has 7 heteroatoms. The predicted octanol–water partition coefficient (Wildman–Crippen LogP) is 1.47. The molecule has 1 atom stereocenters. The number of benzene rings is 1. The number of carbonyl (C=O) groups excluding carboxylic acids is 1. The van der Waals surface area contributed by atoms with Gasteiger partial charge in [-0.3, -0.25) is 10.2 Å². The van der Waals surface area contributed by atoms with E-state index in [2.05, 4.69) is 22.2 Å². The molecule has 1 amide bonds. The van der Waals surface area contributed by atoms with Crippen molar-refractivity contribution in [2.45, 2.75) is 19.4 Å². The highest BCUT2D eigenvalue weighted by Gasteiger charge is 2.28. The number of rotatable bonds is 7.